The third-order valence-corrected chi connectivity index (χ3v) is 2.61. The lowest BCUT2D eigenvalue weighted by Crippen LogP contribution is -2.02. The summed E-state index contributed by atoms with van der Waals surface area (Å²) in [4.78, 5) is 11.3. The monoisotopic (exact) mass is 232 g/mol. The van der Waals surface area contributed by atoms with E-state index in [2.05, 4.69) is 4.74 Å². The van der Waals surface area contributed by atoms with Crippen molar-refractivity contribution in [1.29, 1.82) is 0 Å². The van der Waals surface area contributed by atoms with Crippen LogP contribution in [0.1, 0.15) is 9.67 Å². The number of carbonyl (C=O) groups is 1. The molecule has 1 aromatic rings. The van der Waals surface area contributed by atoms with Gasteiger partial charge in [-0.3, -0.25) is 0 Å². The smallest absolute Gasteiger partial charge is 0.352 e. The maximum atomic E-state index is 11.1. The fraction of sp³-hybridized carbons (Fsp3) is 0.444. The van der Waals surface area contributed by atoms with Crippen molar-refractivity contribution in [2.45, 2.75) is 0 Å². The molecule has 0 bridgehead atoms. The molecule has 0 saturated heterocycles. The first-order valence-electron chi connectivity index (χ1n) is 4.22. The van der Waals surface area contributed by atoms with E-state index < -0.39 is 5.97 Å². The van der Waals surface area contributed by atoms with Crippen molar-refractivity contribution < 1.29 is 24.1 Å². The maximum Gasteiger partial charge on any atom is 0.352 e. The molecule has 5 nitrogen and oxygen atoms in total. The Labute approximate surface area is 91.2 Å². The molecular formula is C9H12O5S. The van der Waals surface area contributed by atoms with Crippen LogP contribution in [0.15, 0.2) is 6.07 Å². The first kappa shape index (κ1) is 11.8. The van der Waals surface area contributed by atoms with Gasteiger partial charge in [0, 0.05) is 13.2 Å². The summed E-state index contributed by atoms with van der Waals surface area (Å²) in [5, 5.41) is 9.85. The lowest BCUT2D eigenvalue weighted by atomic mass is 10.4. The summed E-state index contributed by atoms with van der Waals surface area (Å²) in [6.45, 7) is 0.823. The molecule has 1 rings (SSSR count). The molecule has 0 saturated carbocycles. The van der Waals surface area contributed by atoms with Crippen molar-refractivity contribution >= 4 is 17.3 Å². The number of thiophene rings is 1. The molecule has 15 heavy (non-hydrogen) atoms. The predicted octanol–water partition coefficient (Wildman–Crippen LogP) is 1.27. The summed E-state index contributed by atoms with van der Waals surface area (Å²) < 4.78 is 14.5. The zero-order valence-electron chi connectivity index (χ0n) is 8.48. The molecule has 0 spiro atoms. The number of carbonyl (C=O) groups excluding carboxylic acids is 1. The maximum absolute atomic E-state index is 11.1. The van der Waals surface area contributed by atoms with Gasteiger partial charge in [-0.05, 0) is 0 Å². The van der Waals surface area contributed by atoms with Gasteiger partial charge < -0.3 is 19.3 Å². The number of methoxy groups -OCH3 is 2. The molecule has 0 atom stereocenters. The van der Waals surface area contributed by atoms with E-state index in [-0.39, 0.29) is 10.6 Å². The van der Waals surface area contributed by atoms with Gasteiger partial charge in [-0.1, -0.05) is 11.3 Å². The van der Waals surface area contributed by atoms with Crippen LogP contribution >= 0.6 is 11.3 Å². The number of hydrogen-bond acceptors (Lipinski definition) is 6. The van der Waals surface area contributed by atoms with Gasteiger partial charge in [-0.25, -0.2) is 4.79 Å². The van der Waals surface area contributed by atoms with Gasteiger partial charge in [0.1, 0.15) is 12.4 Å². The highest BCUT2D eigenvalue weighted by atomic mass is 32.1. The average molecular weight is 232 g/mol. The number of hydrogen-bond donors (Lipinski definition) is 1. The van der Waals surface area contributed by atoms with Crippen molar-refractivity contribution in [2.75, 3.05) is 27.4 Å². The predicted molar refractivity (Wildman–Crippen MR) is 54.7 cm³/mol. The standard InChI is InChI=1S/C9H12O5S/c1-12-3-4-14-7-5-6(10)8(15-7)9(11)13-2/h5,10H,3-4H2,1-2H3. The van der Waals surface area contributed by atoms with Crippen LogP contribution in [-0.2, 0) is 9.47 Å². The summed E-state index contributed by atoms with van der Waals surface area (Å²) in [6.07, 6.45) is 0. The van der Waals surface area contributed by atoms with Gasteiger partial charge in [-0.15, -0.1) is 0 Å². The molecule has 6 heteroatoms. The molecule has 0 unspecified atom stereocenters. The van der Waals surface area contributed by atoms with Crippen LogP contribution < -0.4 is 4.74 Å². The highest BCUT2D eigenvalue weighted by Crippen LogP contribution is 2.34. The Kier molecular flexibility index (Phi) is 4.38. The Morgan fingerprint density at radius 3 is 2.80 bits per heavy atom. The number of aromatic hydroxyl groups is 1. The third-order valence-electron chi connectivity index (χ3n) is 1.59. The quantitative estimate of drug-likeness (QED) is 0.611. The van der Waals surface area contributed by atoms with Crippen molar-refractivity contribution in [1.82, 2.24) is 0 Å². The van der Waals surface area contributed by atoms with Gasteiger partial charge in [0.2, 0.25) is 0 Å². The van der Waals surface area contributed by atoms with Gasteiger partial charge in [-0.2, -0.15) is 0 Å². The lowest BCUT2D eigenvalue weighted by Gasteiger charge is -2.00. The van der Waals surface area contributed by atoms with E-state index in [1.54, 1.807) is 7.11 Å². The molecule has 0 radical (unpaired) electrons. The third kappa shape index (κ3) is 3.10. The van der Waals surface area contributed by atoms with Crippen LogP contribution in [-0.4, -0.2) is 38.5 Å². The fourth-order valence-electron chi connectivity index (χ4n) is 0.895. The topological polar surface area (TPSA) is 65.0 Å². The Morgan fingerprint density at radius 1 is 1.47 bits per heavy atom. The van der Waals surface area contributed by atoms with E-state index in [0.717, 1.165) is 11.3 Å². The molecule has 0 aliphatic heterocycles. The summed E-state index contributed by atoms with van der Waals surface area (Å²) in [5.41, 5.74) is 0. The second kappa shape index (κ2) is 5.57. The lowest BCUT2D eigenvalue weighted by molar-refractivity contribution is 0.0603. The molecule has 84 valence electrons. The summed E-state index contributed by atoms with van der Waals surface area (Å²) >= 11 is 1.04. The fourth-order valence-corrected chi connectivity index (χ4v) is 1.74. The molecule has 0 aliphatic rings. The summed E-state index contributed by atoms with van der Waals surface area (Å²) in [6, 6.07) is 1.38. The normalized spacial score (nSPS) is 10.0. The Bertz CT molecular complexity index is 333. The minimum atomic E-state index is -0.570. The first-order chi connectivity index (χ1) is 7.19. The summed E-state index contributed by atoms with van der Waals surface area (Å²) in [5.74, 6) is -0.696. The number of ether oxygens (including phenoxy) is 3. The minimum Gasteiger partial charge on any atom is -0.506 e. The van der Waals surface area contributed by atoms with Crippen LogP contribution in [0.25, 0.3) is 0 Å². The molecule has 1 aromatic heterocycles. The molecular weight excluding hydrogens is 220 g/mol. The average Bonchev–Trinajstić information content (AvgIpc) is 2.59. The zero-order valence-corrected chi connectivity index (χ0v) is 9.30. The van der Waals surface area contributed by atoms with Crippen molar-refractivity contribution in [3.8, 4) is 10.8 Å². The highest BCUT2D eigenvalue weighted by Gasteiger charge is 2.16. The first-order valence-corrected chi connectivity index (χ1v) is 5.03. The zero-order chi connectivity index (χ0) is 11.3. The number of esters is 1. The molecule has 1 heterocycles. The Morgan fingerprint density at radius 2 is 2.20 bits per heavy atom. The van der Waals surface area contributed by atoms with Crippen LogP contribution in [0.5, 0.6) is 10.8 Å². The van der Waals surface area contributed by atoms with E-state index in [9.17, 15) is 9.90 Å². The van der Waals surface area contributed by atoms with Gasteiger partial charge >= 0.3 is 5.97 Å². The second-order valence-electron chi connectivity index (χ2n) is 2.61. The summed E-state index contributed by atoms with van der Waals surface area (Å²) in [7, 11) is 2.82. The molecule has 0 aliphatic carbocycles. The molecule has 0 amide bonds. The largest absolute Gasteiger partial charge is 0.506 e. The van der Waals surface area contributed by atoms with E-state index in [4.69, 9.17) is 9.47 Å². The Balaban J connectivity index is 2.64. The van der Waals surface area contributed by atoms with Crippen molar-refractivity contribution in [3.63, 3.8) is 0 Å². The van der Waals surface area contributed by atoms with E-state index in [1.807, 2.05) is 0 Å². The Hall–Kier alpha value is -1.27. The second-order valence-corrected chi connectivity index (χ2v) is 3.63. The van der Waals surface area contributed by atoms with E-state index in [0.29, 0.717) is 18.3 Å². The SMILES string of the molecule is COCCOc1cc(O)c(C(=O)OC)s1. The highest BCUT2D eigenvalue weighted by molar-refractivity contribution is 7.16. The van der Waals surface area contributed by atoms with E-state index in [1.165, 1.54) is 13.2 Å². The van der Waals surface area contributed by atoms with Gasteiger partial charge in [0.15, 0.2) is 9.94 Å². The van der Waals surface area contributed by atoms with Crippen molar-refractivity contribution in [2.24, 2.45) is 0 Å². The van der Waals surface area contributed by atoms with Gasteiger partial charge in [0.05, 0.1) is 13.7 Å². The van der Waals surface area contributed by atoms with Crippen molar-refractivity contribution in [3.05, 3.63) is 10.9 Å². The molecule has 0 aromatic carbocycles. The van der Waals surface area contributed by atoms with Crippen LogP contribution in [0, 0.1) is 0 Å². The van der Waals surface area contributed by atoms with Crippen LogP contribution in [0.2, 0.25) is 0 Å². The minimum absolute atomic E-state index is 0.126. The number of rotatable bonds is 5. The van der Waals surface area contributed by atoms with Crippen LogP contribution in [0.4, 0.5) is 0 Å². The van der Waals surface area contributed by atoms with Crippen LogP contribution in [0.3, 0.4) is 0 Å². The molecule has 1 N–H and O–H groups in total. The van der Waals surface area contributed by atoms with E-state index >= 15 is 0 Å². The molecule has 0 fully saturated rings. The van der Waals surface area contributed by atoms with Gasteiger partial charge in [0.25, 0.3) is 0 Å².